The summed E-state index contributed by atoms with van der Waals surface area (Å²) in [6, 6.07) is 16.2. The molecule has 0 aliphatic rings. The van der Waals surface area contributed by atoms with Crippen LogP contribution in [0.4, 0.5) is 6.01 Å². The van der Waals surface area contributed by atoms with Crippen LogP contribution in [0, 0.1) is 0 Å². The number of rotatable bonds is 4. The topological polar surface area (TPSA) is 77.2 Å². The van der Waals surface area contributed by atoms with Gasteiger partial charge in [0.1, 0.15) is 5.75 Å². The van der Waals surface area contributed by atoms with Crippen LogP contribution in [0.15, 0.2) is 59.0 Å². The second-order valence-electron chi connectivity index (χ2n) is 4.46. The van der Waals surface area contributed by atoms with Crippen molar-refractivity contribution in [1.82, 2.24) is 10.2 Å². The van der Waals surface area contributed by atoms with E-state index in [2.05, 4.69) is 15.5 Å². The molecular weight excluding hydrogens is 282 g/mol. The molecule has 2 aromatic carbocycles. The van der Waals surface area contributed by atoms with Crippen LogP contribution < -0.4 is 10.1 Å². The van der Waals surface area contributed by atoms with Crippen LogP contribution >= 0.6 is 0 Å². The zero-order valence-corrected chi connectivity index (χ0v) is 11.8. The monoisotopic (exact) mass is 295 g/mol. The van der Waals surface area contributed by atoms with Crippen LogP contribution in [0.1, 0.15) is 10.4 Å². The SMILES string of the molecule is COc1cccc(C(=O)Nc2nnc(-c3ccccc3)o2)c1. The van der Waals surface area contributed by atoms with Crippen LogP contribution in [-0.2, 0) is 0 Å². The molecule has 0 spiro atoms. The Morgan fingerprint density at radius 3 is 2.68 bits per heavy atom. The largest absolute Gasteiger partial charge is 0.497 e. The molecule has 1 aromatic heterocycles. The molecule has 0 saturated heterocycles. The zero-order chi connectivity index (χ0) is 15.4. The van der Waals surface area contributed by atoms with E-state index in [4.69, 9.17) is 9.15 Å². The summed E-state index contributed by atoms with van der Waals surface area (Å²) in [4.78, 5) is 12.1. The summed E-state index contributed by atoms with van der Waals surface area (Å²) in [5, 5.41) is 10.3. The fourth-order valence-corrected chi connectivity index (χ4v) is 1.90. The third-order valence-electron chi connectivity index (χ3n) is 3.00. The van der Waals surface area contributed by atoms with Gasteiger partial charge in [-0.15, -0.1) is 5.10 Å². The van der Waals surface area contributed by atoms with Crippen molar-refractivity contribution in [1.29, 1.82) is 0 Å². The molecule has 110 valence electrons. The fourth-order valence-electron chi connectivity index (χ4n) is 1.90. The van der Waals surface area contributed by atoms with Gasteiger partial charge in [-0.25, -0.2) is 0 Å². The van der Waals surface area contributed by atoms with E-state index in [9.17, 15) is 4.79 Å². The predicted octanol–water partition coefficient (Wildman–Crippen LogP) is 3.00. The number of hydrogen-bond acceptors (Lipinski definition) is 5. The number of carbonyl (C=O) groups is 1. The maximum atomic E-state index is 12.1. The first-order valence-electron chi connectivity index (χ1n) is 6.60. The number of anilines is 1. The highest BCUT2D eigenvalue weighted by Gasteiger charge is 2.13. The Morgan fingerprint density at radius 2 is 1.91 bits per heavy atom. The van der Waals surface area contributed by atoms with Gasteiger partial charge < -0.3 is 9.15 Å². The first-order valence-corrected chi connectivity index (χ1v) is 6.60. The molecule has 0 aliphatic heterocycles. The number of amides is 1. The summed E-state index contributed by atoms with van der Waals surface area (Å²) < 4.78 is 10.5. The van der Waals surface area contributed by atoms with Crippen molar-refractivity contribution in [3.63, 3.8) is 0 Å². The number of nitrogens with zero attached hydrogens (tertiary/aromatic N) is 2. The minimum atomic E-state index is -0.345. The van der Waals surface area contributed by atoms with Gasteiger partial charge in [0, 0.05) is 11.1 Å². The van der Waals surface area contributed by atoms with Gasteiger partial charge in [-0.3, -0.25) is 10.1 Å². The number of aromatic nitrogens is 2. The summed E-state index contributed by atoms with van der Waals surface area (Å²) in [7, 11) is 1.54. The van der Waals surface area contributed by atoms with E-state index in [-0.39, 0.29) is 11.9 Å². The van der Waals surface area contributed by atoms with Gasteiger partial charge in [0.25, 0.3) is 5.91 Å². The van der Waals surface area contributed by atoms with E-state index in [0.717, 1.165) is 5.56 Å². The van der Waals surface area contributed by atoms with Crippen molar-refractivity contribution in [3.8, 4) is 17.2 Å². The lowest BCUT2D eigenvalue weighted by molar-refractivity contribution is 0.102. The number of carbonyl (C=O) groups excluding carboxylic acids is 1. The average Bonchev–Trinajstić information content (AvgIpc) is 3.04. The number of ether oxygens (including phenoxy) is 1. The van der Waals surface area contributed by atoms with Crippen molar-refractivity contribution in [2.75, 3.05) is 12.4 Å². The third kappa shape index (κ3) is 2.95. The highest BCUT2D eigenvalue weighted by Crippen LogP contribution is 2.20. The van der Waals surface area contributed by atoms with Gasteiger partial charge in [0.15, 0.2) is 0 Å². The van der Waals surface area contributed by atoms with Crippen LogP contribution in [-0.4, -0.2) is 23.2 Å². The smallest absolute Gasteiger partial charge is 0.322 e. The molecule has 0 atom stereocenters. The van der Waals surface area contributed by atoms with Gasteiger partial charge in [0.2, 0.25) is 5.89 Å². The highest BCUT2D eigenvalue weighted by atomic mass is 16.5. The number of hydrogen-bond donors (Lipinski definition) is 1. The van der Waals surface area contributed by atoms with E-state index in [0.29, 0.717) is 17.2 Å². The molecule has 0 aliphatic carbocycles. The predicted molar refractivity (Wildman–Crippen MR) is 80.7 cm³/mol. The van der Waals surface area contributed by atoms with Crippen molar-refractivity contribution in [2.24, 2.45) is 0 Å². The van der Waals surface area contributed by atoms with Crippen LogP contribution in [0.3, 0.4) is 0 Å². The molecule has 0 radical (unpaired) electrons. The molecule has 6 nitrogen and oxygen atoms in total. The van der Waals surface area contributed by atoms with Gasteiger partial charge in [-0.1, -0.05) is 29.4 Å². The first-order chi connectivity index (χ1) is 10.8. The normalized spacial score (nSPS) is 10.2. The zero-order valence-electron chi connectivity index (χ0n) is 11.8. The second kappa shape index (κ2) is 6.09. The Morgan fingerprint density at radius 1 is 1.09 bits per heavy atom. The molecular formula is C16H13N3O3. The molecule has 6 heteroatoms. The average molecular weight is 295 g/mol. The molecule has 0 bridgehead atoms. The number of methoxy groups -OCH3 is 1. The summed E-state index contributed by atoms with van der Waals surface area (Å²) in [5.41, 5.74) is 1.23. The Bertz CT molecular complexity index is 784. The van der Waals surface area contributed by atoms with Gasteiger partial charge in [-0.2, -0.15) is 0 Å². The van der Waals surface area contributed by atoms with Gasteiger partial charge in [0.05, 0.1) is 7.11 Å². The lowest BCUT2D eigenvalue weighted by atomic mass is 10.2. The Hall–Kier alpha value is -3.15. The van der Waals surface area contributed by atoms with E-state index in [1.807, 2.05) is 30.3 Å². The lowest BCUT2D eigenvalue weighted by Crippen LogP contribution is -2.12. The Labute approximate surface area is 126 Å². The van der Waals surface area contributed by atoms with Crippen molar-refractivity contribution in [3.05, 3.63) is 60.2 Å². The Kier molecular flexibility index (Phi) is 3.82. The van der Waals surface area contributed by atoms with Crippen molar-refractivity contribution < 1.29 is 13.9 Å². The van der Waals surface area contributed by atoms with Crippen LogP contribution in [0.2, 0.25) is 0 Å². The minimum Gasteiger partial charge on any atom is -0.497 e. The van der Waals surface area contributed by atoms with Crippen molar-refractivity contribution in [2.45, 2.75) is 0 Å². The highest BCUT2D eigenvalue weighted by molar-refractivity contribution is 6.03. The third-order valence-corrected chi connectivity index (χ3v) is 3.00. The maximum Gasteiger partial charge on any atom is 0.322 e. The van der Waals surface area contributed by atoms with E-state index in [1.54, 1.807) is 31.4 Å². The maximum absolute atomic E-state index is 12.1. The molecule has 1 heterocycles. The van der Waals surface area contributed by atoms with Gasteiger partial charge >= 0.3 is 6.01 Å². The quantitative estimate of drug-likeness (QED) is 0.800. The minimum absolute atomic E-state index is 0.0478. The van der Waals surface area contributed by atoms with Crippen LogP contribution in [0.25, 0.3) is 11.5 Å². The van der Waals surface area contributed by atoms with E-state index in [1.165, 1.54) is 0 Å². The lowest BCUT2D eigenvalue weighted by Gasteiger charge is -2.03. The molecule has 0 saturated carbocycles. The molecule has 1 amide bonds. The molecule has 0 fully saturated rings. The summed E-state index contributed by atoms with van der Waals surface area (Å²) >= 11 is 0. The summed E-state index contributed by atoms with van der Waals surface area (Å²) in [5.74, 6) is 0.604. The standard InChI is InChI=1S/C16H13N3O3/c1-21-13-9-5-8-12(10-13)14(20)17-16-19-18-15(22-16)11-6-3-2-4-7-11/h2-10H,1H3,(H,17,19,20). The molecule has 3 aromatic rings. The van der Waals surface area contributed by atoms with Gasteiger partial charge in [-0.05, 0) is 30.3 Å². The van der Waals surface area contributed by atoms with Crippen LogP contribution in [0.5, 0.6) is 5.75 Å². The number of benzene rings is 2. The van der Waals surface area contributed by atoms with E-state index < -0.39 is 0 Å². The molecule has 1 N–H and O–H groups in total. The molecule has 22 heavy (non-hydrogen) atoms. The fraction of sp³-hybridized carbons (Fsp3) is 0.0625. The summed E-state index contributed by atoms with van der Waals surface area (Å²) in [6.45, 7) is 0. The summed E-state index contributed by atoms with van der Waals surface area (Å²) in [6.07, 6.45) is 0. The first kappa shape index (κ1) is 13.8. The molecule has 0 unspecified atom stereocenters. The van der Waals surface area contributed by atoms with E-state index >= 15 is 0 Å². The number of nitrogens with one attached hydrogen (secondary N) is 1. The van der Waals surface area contributed by atoms with Crippen molar-refractivity contribution >= 4 is 11.9 Å². The Balaban J connectivity index is 1.76. The second-order valence-corrected chi connectivity index (χ2v) is 4.46. The molecule has 3 rings (SSSR count).